The van der Waals surface area contributed by atoms with E-state index in [1.807, 2.05) is 6.92 Å². The number of carbonyl (C=O) groups is 1. The van der Waals surface area contributed by atoms with E-state index in [1.165, 1.54) is 12.1 Å². The monoisotopic (exact) mass is 277 g/mol. The molecule has 2 aliphatic rings. The standard InChI is InChI=1S/C16H20FNO2/c1-2-13(19)15-12(9-3-5-10(17)6-4-9)7-11-8-14(20)16(15)18-11/h3-6,11-12,14-16,18,20H,2,7-8H2,1H3/t11?,12-,14?,15+,16+/m0/s1. The second kappa shape index (κ2) is 5.26. The molecule has 2 saturated heterocycles. The van der Waals surface area contributed by atoms with E-state index in [4.69, 9.17) is 0 Å². The van der Waals surface area contributed by atoms with Crippen LogP contribution >= 0.6 is 0 Å². The highest BCUT2D eigenvalue weighted by molar-refractivity contribution is 5.83. The van der Waals surface area contributed by atoms with Crippen molar-refractivity contribution >= 4 is 5.78 Å². The molecule has 2 unspecified atom stereocenters. The third-order valence-electron chi connectivity index (χ3n) is 4.75. The van der Waals surface area contributed by atoms with Gasteiger partial charge in [-0.3, -0.25) is 4.79 Å². The molecule has 0 amide bonds. The SMILES string of the molecule is CCC(=O)[C@@H]1[C@@H]2NC(CC2O)C[C@H]1c1ccc(F)cc1. The fraction of sp³-hybridized carbons (Fsp3) is 0.562. The zero-order chi connectivity index (χ0) is 14.3. The molecule has 3 rings (SSSR count). The summed E-state index contributed by atoms with van der Waals surface area (Å²) in [6.45, 7) is 1.86. The van der Waals surface area contributed by atoms with Gasteiger partial charge in [-0.2, -0.15) is 0 Å². The van der Waals surface area contributed by atoms with Gasteiger partial charge in [0.05, 0.1) is 6.10 Å². The summed E-state index contributed by atoms with van der Waals surface area (Å²) < 4.78 is 13.1. The van der Waals surface area contributed by atoms with Crippen LogP contribution in [-0.2, 0) is 4.79 Å². The van der Waals surface area contributed by atoms with E-state index in [0.29, 0.717) is 12.8 Å². The number of nitrogens with one attached hydrogen (secondary N) is 1. The predicted octanol–water partition coefficient (Wildman–Crippen LogP) is 2.00. The van der Waals surface area contributed by atoms with Gasteiger partial charge in [0.2, 0.25) is 0 Å². The molecule has 20 heavy (non-hydrogen) atoms. The van der Waals surface area contributed by atoms with Gasteiger partial charge in [-0.15, -0.1) is 0 Å². The van der Waals surface area contributed by atoms with Gasteiger partial charge in [0, 0.05) is 24.4 Å². The van der Waals surface area contributed by atoms with Gasteiger partial charge < -0.3 is 10.4 Å². The fourth-order valence-corrected chi connectivity index (χ4v) is 3.81. The van der Waals surface area contributed by atoms with Crippen LogP contribution in [0.4, 0.5) is 4.39 Å². The number of aliphatic hydroxyl groups is 1. The number of benzene rings is 1. The number of fused-ring (bicyclic) bond motifs is 2. The van der Waals surface area contributed by atoms with E-state index in [0.717, 1.165) is 12.0 Å². The van der Waals surface area contributed by atoms with Gasteiger partial charge in [-0.25, -0.2) is 4.39 Å². The van der Waals surface area contributed by atoms with Crippen LogP contribution in [0.15, 0.2) is 24.3 Å². The molecule has 4 heteroatoms. The molecule has 0 aromatic heterocycles. The summed E-state index contributed by atoms with van der Waals surface area (Å²) in [6.07, 6.45) is 1.55. The maximum Gasteiger partial charge on any atom is 0.137 e. The van der Waals surface area contributed by atoms with Crippen molar-refractivity contribution in [2.24, 2.45) is 5.92 Å². The van der Waals surface area contributed by atoms with Crippen molar-refractivity contribution < 1.29 is 14.3 Å². The van der Waals surface area contributed by atoms with E-state index < -0.39 is 6.10 Å². The van der Waals surface area contributed by atoms with Crippen LogP contribution < -0.4 is 5.32 Å². The minimum atomic E-state index is -0.453. The summed E-state index contributed by atoms with van der Waals surface area (Å²) in [4.78, 5) is 12.3. The smallest absolute Gasteiger partial charge is 0.137 e. The van der Waals surface area contributed by atoms with E-state index >= 15 is 0 Å². The molecule has 0 spiro atoms. The zero-order valence-corrected chi connectivity index (χ0v) is 11.6. The zero-order valence-electron chi connectivity index (χ0n) is 11.6. The molecular formula is C16H20FNO2. The second-order valence-corrected chi connectivity index (χ2v) is 5.93. The number of piperidine rings is 1. The Morgan fingerprint density at radius 2 is 2.05 bits per heavy atom. The van der Waals surface area contributed by atoms with Crippen molar-refractivity contribution in [3.63, 3.8) is 0 Å². The highest BCUT2D eigenvalue weighted by Gasteiger charge is 2.49. The van der Waals surface area contributed by atoms with E-state index in [-0.39, 0.29) is 35.5 Å². The van der Waals surface area contributed by atoms with Crippen molar-refractivity contribution in [1.82, 2.24) is 5.32 Å². The van der Waals surface area contributed by atoms with Crippen LogP contribution in [0.2, 0.25) is 0 Å². The summed E-state index contributed by atoms with van der Waals surface area (Å²) in [7, 11) is 0. The molecule has 108 valence electrons. The lowest BCUT2D eigenvalue weighted by Gasteiger charge is -2.37. The van der Waals surface area contributed by atoms with Crippen LogP contribution in [0.25, 0.3) is 0 Å². The molecule has 2 bridgehead atoms. The van der Waals surface area contributed by atoms with Gasteiger partial charge in [0.1, 0.15) is 11.6 Å². The molecule has 3 nitrogen and oxygen atoms in total. The molecule has 2 fully saturated rings. The van der Waals surface area contributed by atoms with Crippen LogP contribution in [0, 0.1) is 11.7 Å². The van der Waals surface area contributed by atoms with E-state index in [1.54, 1.807) is 12.1 Å². The molecule has 5 atom stereocenters. The number of aliphatic hydroxyl groups excluding tert-OH is 1. The Bertz CT molecular complexity index is 502. The van der Waals surface area contributed by atoms with Crippen molar-refractivity contribution in [2.75, 3.05) is 0 Å². The van der Waals surface area contributed by atoms with E-state index in [9.17, 15) is 14.3 Å². The minimum absolute atomic E-state index is 0.0800. The number of ketones is 1. The molecule has 0 radical (unpaired) electrons. The van der Waals surface area contributed by atoms with Gasteiger partial charge in [-0.1, -0.05) is 19.1 Å². The van der Waals surface area contributed by atoms with Crippen LogP contribution in [0.1, 0.15) is 37.7 Å². The van der Waals surface area contributed by atoms with Gasteiger partial charge in [-0.05, 0) is 36.5 Å². The molecule has 0 aliphatic carbocycles. The average Bonchev–Trinajstić information content (AvgIpc) is 2.74. The second-order valence-electron chi connectivity index (χ2n) is 5.93. The van der Waals surface area contributed by atoms with Crippen molar-refractivity contribution in [1.29, 1.82) is 0 Å². The molecule has 2 heterocycles. The van der Waals surface area contributed by atoms with Crippen molar-refractivity contribution in [2.45, 2.75) is 50.3 Å². The third kappa shape index (κ3) is 2.27. The molecule has 2 N–H and O–H groups in total. The number of hydrogen-bond acceptors (Lipinski definition) is 3. The van der Waals surface area contributed by atoms with Gasteiger partial charge in [0.25, 0.3) is 0 Å². The predicted molar refractivity (Wildman–Crippen MR) is 73.9 cm³/mol. The Morgan fingerprint density at radius 1 is 1.35 bits per heavy atom. The molecule has 2 aliphatic heterocycles. The number of Topliss-reactive ketones (excluding diaryl/α,β-unsaturated/α-hetero) is 1. The first-order chi connectivity index (χ1) is 9.60. The minimum Gasteiger partial charge on any atom is -0.391 e. The quantitative estimate of drug-likeness (QED) is 0.888. The Hall–Kier alpha value is -1.26. The van der Waals surface area contributed by atoms with Gasteiger partial charge >= 0.3 is 0 Å². The van der Waals surface area contributed by atoms with Gasteiger partial charge in [0.15, 0.2) is 0 Å². The number of rotatable bonds is 3. The lowest BCUT2D eigenvalue weighted by Crippen LogP contribution is -2.50. The van der Waals surface area contributed by atoms with Crippen LogP contribution in [0.5, 0.6) is 0 Å². The molecule has 1 aromatic carbocycles. The largest absolute Gasteiger partial charge is 0.391 e. The van der Waals surface area contributed by atoms with Crippen LogP contribution in [-0.4, -0.2) is 29.1 Å². The lowest BCUT2D eigenvalue weighted by molar-refractivity contribution is -0.125. The first-order valence-corrected chi connectivity index (χ1v) is 7.32. The summed E-state index contributed by atoms with van der Waals surface area (Å²) >= 11 is 0. The van der Waals surface area contributed by atoms with Crippen molar-refractivity contribution in [3.05, 3.63) is 35.6 Å². The summed E-state index contributed by atoms with van der Waals surface area (Å²) in [6, 6.07) is 6.54. The normalized spacial score (nSPS) is 36.0. The fourth-order valence-electron chi connectivity index (χ4n) is 3.81. The summed E-state index contributed by atoms with van der Waals surface area (Å²) in [5.41, 5.74) is 1.00. The lowest BCUT2D eigenvalue weighted by atomic mass is 9.74. The maximum absolute atomic E-state index is 13.1. The van der Waals surface area contributed by atoms with E-state index in [2.05, 4.69) is 5.32 Å². The first-order valence-electron chi connectivity index (χ1n) is 7.32. The molecule has 0 saturated carbocycles. The van der Waals surface area contributed by atoms with Crippen molar-refractivity contribution in [3.8, 4) is 0 Å². The Morgan fingerprint density at radius 3 is 2.70 bits per heavy atom. The Labute approximate surface area is 118 Å². The summed E-state index contributed by atoms with van der Waals surface area (Å²) in [5, 5.41) is 13.5. The average molecular weight is 277 g/mol. The highest BCUT2D eigenvalue weighted by atomic mass is 19.1. The topological polar surface area (TPSA) is 49.3 Å². The Kier molecular flexibility index (Phi) is 3.61. The number of halogens is 1. The molecular weight excluding hydrogens is 257 g/mol. The van der Waals surface area contributed by atoms with Crippen LogP contribution in [0.3, 0.4) is 0 Å². The highest BCUT2D eigenvalue weighted by Crippen LogP contribution is 2.42. The third-order valence-corrected chi connectivity index (χ3v) is 4.75. The Balaban J connectivity index is 1.95. The first kappa shape index (κ1) is 13.7. The molecule has 1 aromatic rings. The number of carbonyl (C=O) groups excluding carboxylic acids is 1. The maximum atomic E-state index is 13.1. The number of hydrogen-bond donors (Lipinski definition) is 2. The summed E-state index contributed by atoms with van der Waals surface area (Å²) in [5.74, 6) is -0.212.